The van der Waals surface area contributed by atoms with E-state index in [9.17, 15) is 9.59 Å². The summed E-state index contributed by atoms with van der Waals surface area (Å²) in [6, 6.07) is 6.29. The molecule has 4 N–H and O–H groups in total. The van der Waals surface area contributed by atoms with E-state index in [0.29, 0.717) is 5.69 Å². The smallest absolute Gasteiger partial charge is 0.322 e. The van der Waals surface area contributed by atoms with Gasteiger partial charge in [-0.2, -0.15) is 0 Å². The van der Waals surface area contributed by atoms with Crippen molar-refractivity contribution in [1.82, 2.24) is 5.32 Å². The van der Waals surface area contributed by atoms with Crippen LogP contribution in [0.2, 0.25) is 0 Å². The monoisotopic (exact) mass is 224 g/mol. The maximum atomic E-state index is 11.1. The zero-order chi connectivity index (χ0) is 12.0. The predicted octanol–water partition coefficient (Wildman–Crippen LogP) is 0.00490. The molecule has 0 aliphatic rings. The molecule has 0 bridgehead atoms. The Labute approximate surface area is 91.9 Å². The number of rotatable bonds is 5. The molecule has 6 heteroatoms. The van der Waals surface area contributed by atoms with Crippen LogP contribution < -0.4 is 10.6 Å². The Hall–Kier alpha value is -2.24. The number of phenols is 1. The van der Waals surface area contributed by atoms with Crippen LogP contribution in [-0.4, -0.2) is 35.2 Å². The van der Waals surface area contributed by atoms with Crippen molar-refractivity contribution in [1.29, 1.82) is 0 Å². The SMILES string of the molecule is O=C(O)CNC(=O)CNc1cccc(O)c1. The molecule has 0 aliphatic heterocycles. The molecule has 0 heterocycles. The number of carboxylic acids is 1. The molecule has 0 fully saturated rings. The summed E-state index contributed by atoms with van der Waals surface area (Å²) in [6.07, 6.45) is 0. The quantitative estimate of drug-likeness (QED) is 0.564. The molecule has 0 radical (unpaired) electrons. The molecule has 86 valence electrons. The van der Waals surface area contributed by atoms with E-state index in [0.717, 1.165) is 0 Å². The van der Waals surface area contributed by atoms with Crippen molar-refractivity contribution in [3.8, 4) is 5.75 Å². The van der Waals surface area contributed by atoms with E-state index < -0.39 is 18.4 Å². The van der Waals surface area contributed by atoms with Gasteiger partial charge in [0.25, 0.3) is 0 Å². The minimum Gasteiger partial charge on any atom is -0.508 e. The normalized spacial score (nSPS) is 9.50. The molecule has 16 heavy (non-hydrogen) atoms. The number of carbonyl (C=O) groups excluding carboxylic acids is 1. The highest BCUT2D eigenvalue weighted by atomic mass is 16.4. The highest BCUT2D eigenvalue weighted by Gasteiger charge is 2.03. The lowest BCUT2D eigenvalue weighted by atomic mass is 10.3. The van der Waals surface area contributed by atoms with Crippen molar-refractivity contribution in [2.75, 3.05) is 18.4 Å². The van der Waals surface area contributed by atoms with Crippen molar-refractivity contribution < 1.29 is 19.8 Å². The lowest BCUT2D eigenvalue weighted by Gasteiger charge is -2.06. The summed E-state index contributed by atoms with van der Waals surface area (Å²) in [5.41, 5.74) is 0.588. The van der Waals surface area contributed by atoms with Crippen molar-refractivity contribution >= 4 is 17.6 Å². The Morgan fingerprint density at radius 2 is 2.00 bits per heavy atom. The Morgan fingerprint density at radius 1 is 1.25 bits per heavy atom. The Kier molecular flexibility index (Phi) is 4.14. The van der Waals surface area contributed by atoms with Gasteiger partial charge in [0.15, 0.2) is 0 Å². The first-order chi connectivity index (χ1) is 7.58. The summed E-state index contributed by atoms with van der Waals surface area (Å²) < 4.78 is 0. The lowest BCUT2D eigenvalue weighted by molar-refractivity contribution is -0.137. The van der Waals surface area contributed by atoms with E-state index in [1.54, 1.807) is 12.1 Å². The molecule has 6 nitrogen and oxygen atoms in total. The molecule has 0 atom stereocenters. The second-order valence-electron chi connectivity index (χ2n) is 3.07. The molecule has 0 aliphatic carbocycles. The van der Waals surface area contributed by atoms with Crippen LogP contribution >= 0.6 is 0 Å². The first kappa shape index (κ1) is 11.8. The van der Waals surface area contributed by atoms with Crippen molar-refractivity contribution in [3.63, 3.8) is 0 Å². The van der Waals surface area contributed by atoms with E-state index in [1.165, 1.54) is 12.1 Å². The maximum absolute atomic E-state index is 11.1. The van der Waals surface area contributed by atoms with Gasteiger partial charge in [0.1, 0.15) is 12.3 Å². The van der Waals surface area contributed by atoms with Crippen LogP contribution in [0.4, 0.5) is 5.69 Å². The first-order valence-electron chi connectivity index (χ1n) is 4.59. The van der Waals surface area contributed by atoms with E-state index in [-0.39, 0.29) is 12.3 Å². The Bertz CT molecular complexity index is 392. The number of anilines is 1. The van der Waals surface area contributed by atoms with E-state index in [1.807, 2.05) is 0 Å². The highest BCUT2D eigenvalue weighted by molar-refractivity contribution is 5.84. The summed E-state index contributed by atoms with van der Waals surface area (Å²) in [6.45, 7) is -0.447. The Morgan fingerprint density at radius 3 is 2.62 bits per heavy atom. The van der Waals surface area contributed by atoms with Crippen LogP contribution in [-0.2, 0) is 9.59 Å². The number of amides is 1. The number of aromatic hydroxyl groups is 1. The van der Waals surface area contributed by atoms with Crippen molar-refractivity contribution in [2.45, 2.75) is 0 Å². The van der Waals surface area contributed by atoms with E-state index >= 15 is 0 Å². The number of aliphatic carboxylic acids is 1. The second-order valence-corrected chi connectivity index (χ2v) is 3.07. The van der Waals surface area contributed by atoms with Gasteiger partial charge >= 0.3 is 5.97 Å². The zero-order valence-corrected chi connectivity index (χ0v) is 8.43. The molecule has 1 aromatic carbocycles. The lowest BCUT2D eigenvalue weighted by Crippen LogP contribution is -2.33. The van der Waals surface area contributed by atoms with Crippen LogP contribution in [0, 0.1) is 0 Å². The molecule has 0 unspecified atom stereocenters. The molecule has 1 amide bonds. The number of nitrogens with one attached hydrogen (secondary N) is 2. The molecule has 0 aromatic heterocycles. The van der Waals surface area contributed by atoms with Gasteiger partial charge in [0.05, 0.1) is 6.54 Å². The number of benzene rings is 1. The van der Waals surface area contributed by atoms with Gasteiger partial charge in [-0.15, -0.1) is 0 Å². The van der Waals surface area contributed by atoms with Crippen molar-refractivity contribution in [2.24, 2.45) is 0 Å². The second kappa shape index (κ2) is 5.59. The minimum absolute atomic E-state index is 0.0449. The molecule has 1 aromatic rings. The largest absolute Gasteiger partial charge is 0.508 e. The number of hydrogen-bond acceptors (Lipinski definition) is 4. The van der Waals surface area contributed by atoms with Gasteiger partial charge in [0, 0.05) is 11.8 Å². The summed E-state index contributed by atoms with van der Waals surface area (Å²) in [5, 5.41) is 22.4. The first-order valence-corrected chi connectivity index (χ1v) is 4.59. The third kappa shape index (κ3) is 4.32. The highest BCUT2D eigenvalue weighted by Crippen LogP contribution is 2.14. The van der Waals surface area contributed by atoms with E-state index in [2.05, 4.69) is 10.6 Å². The minimum atomic E-state index is -1.09. The molecular weight excluding hydrogens is 212 g/mol. The number of phenolic OH excluding ortho intramolecular Hbond substituents is 1. The average molecular weight is 224 g/mol. The van der Waals surface area contributed by atoms with Crippen molar-refractivity contribution in [3.05, 3.63) is 24.3 Å². The molecule has 1 rings (SSSR count). The van der Waals surface area contributed by atoms with Gasteiger partial charge in [-0.3, -0.25) is 9.59 Å². The Balaban J connectivity index is 2.34. The summed E-state index contributed by atoms with van der Waals surface area (Å²) in [7, 11) is 0. The fraction of sp³-hybridized carbons (Fsp3) is 0.200. The predicted molar refractivity (Wildman–Crippen MR) is 57.2 cm³/mol. The van der Waals surface area contributed by atoms with Crippen LogP contribution in [0.1, 0.15) is 0 Å². The van der Waals surface area contributed by atoms with E-state index in [4.69, 9.17) is 10.2 Å². The van der Waals surface area contributed by atoms with Gasteiger partial charge in [-0.05, 0) is 12.1 Å². The van der Waals surface area contributed by atoms with Gasteiger partial charge < -0.3 is 20.8 Å². The van der Waals surface area contributed by atoms with Gasteiger partial charge in [-0.25, -0.2) is 0 Å². The van der Waals surface area contributed by atoms with Crippen LogP contribution in [0.15, 0.2) is 24.3 Å². The van der Waals surface area contributed by atoms with Crippen LogP contribution in [0.5, 0.6) is 5.75 Å². The fourth-order valence-corrected chi connectivity index (χ4v) is 1.03. The topological polar surface area (TPSA) is 98.7 Å². The zero-order valence-electron chi connectivity index (χ0n) is 8.43. The molecular formula is C10H12N2O4. The molecule has 0 spiro atoms. The standard InChI is InChI=1S/C10H12N2O4/c13-8-3-1-2-7(4-8)11-5-9(14)12-6-10(15)16/h1-4,11,13H,5-6H2,(H,12,14)(H,15,16). The van der Waals surface area contributed by atoms with Gasteiger partial charge in [-0.1, -0.05) is 6.07 Å². The molecule has 0 saturated carbocycles. The fourth-order valence-electron chi connectivity index (χ4n) is 1.03. The number of carboxylic acid groups (broad SMARTS) is 1. The number of carbonyl (C=O) groups is 2. The third-order valence-electron chi connectivity index (χ3n) is 1.74. The average Bonchev–Trinajstić information content (AvgIpc) is 2.23. The summed E-state index contributed by atoms with van der Waals surface area (Å²) >= 11 is 0. The number of hydrogen-bond donors (Lipinski definition) is 4. The summed E-state index contributed by atoms with van der Waals surface area (Å²) in [5.74, 6) is -1.42. The van der Waals surface area contributed by atoms with Crippen LogP contribution in [0.25, 0.3) is 0 Å². The summed E-state index contributed by atoms with van der Waals surface area (Å²) in [4.78, 5) is 21.3. The van der Waals surface area contributed by atoms with Crippen LogP contribution in [0.3, 0.4) is 0 Å². The third-order valence-corrected chi connectivity index (χ3v) is 1.74. The molecule has 0 saturated heterocycles. The van der Waals surface area contributed by atoms with Gasteiger partial charge in [0.2, 0.25) is 5.91 Å². The maximum Gasteiger partial charge on any atom is 0.322 e.